The lowest BCUT2D eigenvalue weighted by Gasteiger charge is -2.06. The van der Waals surface area contributed by atoms with Crippen LogP contribution in [0.4, 0.5) is 0 Å². The van der Waals surface area contributed by atoms with Crippen molar-refractivity contribution in [3.63, 3.8) is 0 Å². The van der Waals surface area contributed by atoms with Gasteiger partial charge in [0.2, 0.25) is 0 Å². The van der Waals surface area contributed by atoms with Crippen molar-refractivity contribution < 1.29 is 0 Å². The fourth-order valence-electron chi connectivity index (χ4n) is 1.18. The van der Waals surface area contributed by atoms with Gasteiger partial charge in [-0.15, -0.1) is 0 Å². The second kappa shape index (κ2) is 6.44. The van der Waals surface area contributed by atoms with Crippen LogP contribution in [0.25, 0.3) is 0 Å². The second-order valence-electron chi connectivity index (χ2n) is 3.36. The van der Waals surface area contributed by atoms with E-state index in [0.29, 0.717) is 4.83 Å². The zero-order valence-electron chi connectivity index (χ0n) is 8.26. The van der Waals surface area contributed by atoms with Crippen molar-refractivity contribution in [3.05, 3.63) is 34.9 Å². The Morgan fingerprint density at radius 3 is 2.57 bits per heavy atom. The third-order valence-electron chi connectivity index (χ3n) is 1.93. The predicted molar refractivity (Wildman–Crippen MR) is 66.4 cm³/mol. The Balaban J connectivity index is 2.21. The number of benzene rings is 1. The molecule has 0 spiro atoms. The van der Waals surface area contributed by atoms with Gasteiger partial charge in [0.25, 0.3) is 0 Å². The average Bonchev–Trinajstić information content (AvgIpc) is 2.15. The van der Waals surface area contributed by atoms with Crippen LogP contribution in [-0.2, 0) is 6.42 Å². The summed E-state index contributed by atoms with van der Waals surface area (Å²) in [7, 11) is 0. The Morgan fingerprint density at radius 1 is 1.36 bits per heavy atom. The first-order valence-electron chi connectivity index (χ1n) is 4.77. The molecule has 1 aromatic rings. The Labute approximate surface area is 99.0 Å². The molecule has 14 heavy (non-hydrogen) atoms. The summed E-state index contributed by atoms with van der Waals surface area (Å²) in [6.07, 6.45) is 1.05. The standard InChI is InChI=1S/C11H15BrClN/c1-9(12)8-14-7-6-10-2-4-11(13)5-3-10/h2-5,9,14H,6-8H2,1H3. The van der Waals surface area contributed by atoms with Crippen LogP contribution >= 0.6 is 27.5 Å². The zero-order chi connectivity index (χ0) is 10.4. The molecule has 1 nitrogen and oxygen atoms in total. The van der Waals surface area contributed by atoms with Crippen molar-refractivity contribution in [3.8, 4) is 0 Å². The molecule has 1 N–H and O–H groups in total. The van der Waals surface area contributed by atoms with Gasteiger partial charge in [0.1, 0.15) is 0 Å². The summed E-state index contributed by atoms with van der Waals surface area (Å²) in [5.74, 6) is 0. The summed E-state index contributed by atoms with van der Waals surface area (Å²) < 4.78 is 0. The highest BCUT2D eigenvalue weighted by Crippen LogP contribution is 2.09. The van der Waals surface area contributed by atoms with Gasteiger partial charge >= 0.3 is 0 Å². The summed E-state index contributed by atoms with van der Waals surface area (Å²) in [5.41, 5.74) is 1.32. The van der Waals surface area contributed by atoms with E-state index in [4.69, 9.17) is 11.6 Å². The van der Waals surface area contributed by atoms with Crippen LogP contribution in [-0.4, -0.2) is 17.9 Å². The number of hydrogen-bond donors (Lipinski definition) is 1. The molecule has 1 rings (SSSR count). The van der Waals surface area contributed by atoms with E-state index in [0.717, 1.165) is 24.5 Å². The molecule has 0 aromatic heterocycles. The molecular formula is C11H15BrClN. The predicted octanol–water partition coefficient (Wildman–Crippen LogP) is 3.26. The van der Waals surface area contributed by atoms with Crippen molar-refractivity contribution >= 4 is 27.5 Å². The first-order valence-corrected chi connectivity index (χ1v) is 6.07. The van der Waals surface area contributed by atoms with E-state index in [1.54, 1.807) is 0 Å². The molecule has 0 amide bonds. The largest absolute Gasteiger partial charge is 0.315 e. The van der Waals surface area contributed by atoms with Crippen molar-refractivity contribution in [2.45, 2.75) is 18.2 Å². The summed E-state index contributed by atoms with van der Waals surface area (Å²) >= 11 is 9.28. The molecular weight excluding hydrogens is 261 g/mol. The molecule has 0 aliphatic carbocycles. The first-order chi connectivity index (χ1) is 6.68. The molecule has 0 heterocycles. The SMILES string of the molecule is CC(Br)CNCCc1ccc(Cl)cc1. The molecule has 1 aromatic carbocycles. The molecule has 78 valence electrons. The highest BCUT2D eigenvalue weighted by atomic mass is 79.9. The Hall–Kier alpha value is -0.0500. The summed E-state index contributed by atoms with van der Waals surface area (Å²) in [6.45, 7) is 4.15. The Kier molecular flexibility index (Phi) is 5.53. The number of hydrogen-bond acceptors (Lipinski definition) is 1. The van der Waals surface area contributed by atoms with Crippen molar-refractivity contribution in [2.24, 2.45) is 0 Å². The zero-order valence-corrected chi connectivity index (χ0v) is 10.6. The van der Waals surface area contributed by atoms with Crippen LogP contribution in [0.3, 0.4) is 0 Å². The van der Waals surface area contributed by atoms with E-state index in [2.05, 4.69) is 40.3 Å². The van der Waals surface area contributed by atoms with Gasteiger partial charge < -0.3 is 5.32 Å². The highest BCUT2D eigenvalue weighted by Gasteiger charge is 1.95. The minimum absolute atomic E-state index is 0.535. The molecule has 0 fully saturated rings. The third-order valence-corrected chi connectivity index (χ3v) is 2.51. The minimum atomic E-state index is 0.535. The average molecular weight is 277 g/mol. The Bertz CT molecular complexity index is 258. The lowest BCUT2D eigenvalue weighted by molar-refractivity contribution is 0.683. The van der Waals surface area contributed by atoms with Gasteiger partial charge in [0.15, 0.2) is 0 Å². The number of nitrogens with one attached hydrogen (secondary N) is 1. The van der Waals surface area contributed by atoms with Gasteiger partial charge in [-0.05, 0) is 30.7 Å². The molecule has 0 bridgehead atoms. The molecule has 1 atom stereocenters. The summed E-state index contributed by atoms with van der Waals surface area (Å²) in [5, 5.41) is 4.17. The second-order valence-corrected chi connectivity index (χ2v) is 5.36. The van der Waals surface area contributed by atoms with Crippen molar-refractivity contribution in [1.29, 1.82) is 0 Å². The van der Waals surface area contributed by atoms with E-state index in [-0.39, 0.29) is 0 Å². The van der Waals surface area contributed by atoms with Crippen molar-refractivity contribution in [1.82, 2.24) is 5.32 Å². The van der Waals surface area contributed by atoms with Gasteiger partial charge in [-0.3, -0.25) is 0 Å². The molecule has 0 aliphatic rings. The van der Waals surface area contributed by atoms with E-state index in [1.807, 2.05) is 12.1 Å². The maximum Gasteiger partial charge on any atom is 0.0406 e. The first kappa shape index (κ1) is 12.0. The molecule has 0 radical (unpaired) electrons. The van der Waals surface area contributed by atoms with E-state index in [1.165, 1.54) is 5.56 Å². The maximum absolute atomic E-state index is 5.79. The number of rotatable bonds is 5. The molecule has 1 unspecified atom stereocenters. The molecule has 0 saturated carbocycles. The smallest absolute Gasteiger partial charge is 0.0406 e. The maximum atomic E-state index is 5.79. The van der Waals surface area contributed by atoms with Gasteiger partial charge in [-0.2, -0.15) is 0 Å². The lowest BCUT2D eigenvalue weighted by atomic mass is 10.1. The molecule has 0 aliphatic heterocycles. The third kappa shape index (κ3) is 4.99. The van der Waals surface area contributed by atoms with Gasteiger partial charge in [0, 0.05) is 16.4 Å². The van der Waals surface area contributed by atoms with Crippen LogP contribution in [0.5, 0.6) is 0 Å². The van der Waals surface area contributed by atoms with Gasteiger partial charge in [-0.25, -0.2) is 0 Å². The molecule has 0 saturated heterocycles. The summed E-state index contributed by atoms with van der Waals surface area (Å²) in [4.78, 5) is 0.535. The topological polar surface area (TPSA) is 12.0 Å². The van der Waals surface area contributed by atoms with E-state index in [9.17, 15) is 0 Å². The highest BCUT2D eigenvalue weighted by molar-refractivity contribution is 9.09. The number of alkyl halides is 1. The van der Waals surface area contributed by atoms with Crippen LogP contribution in [0.15, 0.2) is 24.3 Å². The summed E-state index contributed by atoms with van der Waals surface area (Å²) in [6, 6.07) is 8.01. The normalized spacial score (nSPS) is 12.8. The fourth-order valence-corrected chi connectivity index (χ4v) is 1.54. The Morgan fingerprint density at radius 2 is 2.00 bits per heavy atom. The minimum Gasteiger partial charge on any atom is -0.315 e. The fraction of sp³-hybridized carbons (Fsp3) is 0.455. The van der Waals surface area contributed by atoms with Crippen LogP contribution in [0.2, 0.25) is 5.02 Å². The quantitative estimate of drug-likeness (QED) is 0.643. The monoisotopic (exact) mass is 275 g/mol. The van der Waals surface area contributed by atoms with Crippen LogP contribution < -0.4 is 5.32 Å². The van der Waals surface area contributed by atoms with Gasteiger partial charge in [0.05, 0.1) is 0 Å². The number of halogens is 2. The lowest BCUT2D eigenvalue weighted by Crippen LogP contribution is -2.23. The van der Waals surface area contributed by atoms with Crippen LogP contribution in [0.1, 0.15) is 12.5 Å². The van der Waals surface area contributed by atoms with Gasteiger partial charge in [-0.1, -0.05) is 46.6 Å². The van der Waals surface area contributed by atoms with E-state index < -0.39 is 0 Å². The van der Waals surface area contributed by atoms with E-state index >= 15 is 0 Å². The van der Waals surface area contributed by atoms with Crippen molar-refractivity contribution in [2.75, 3.05) is 13.1 Å². The molecule has 3 heteroatoms. The van der Waals surface area contributed by atoms with Crippen LogP contribution in [0, 0.1) is 0 Å².